The summed E-state index contributed by atoms with van der Waals surface area (Å²) in [6, 6.07) is 6.20. The van der Waals surface area contributed by atoms with Crippen LogP contribution in [0.15, 0.2) is 18.2 Å². The molecular weight excluding hydrogens is 338 g/mol. The largest absolute Gasteiger partial charge is 0.496 e. The van der Waals surface area contributed by atoms with E-state index in [1.54, 1.807) is 7.11 Å². The Morgan fingerprint density at radius 1 is 1.19 bits per heavy atom. The first-order valence-electron chi connectivity index (χ1n) is 9.98. The Morgan fingerprint density at radius 2 is 2.00 bits per heavy atom. The van der Waals surface area contributed by atoms with Crippen molar-refractivity contribution in [3.05, 3.63) is 40.6 Å². The van der Waals surface area contributed by atoms with Gasteiger partial charge < -0.3 is 14.7 Å². The predicted octanol–water partition coefficient (Wildman–Crippen LogP) is 3.32. The molecule has 0 spiro atoms. The number of benzene rings is 1. The van der Waals surface area contributed by atoms with Crippen molar-refractivity contribution in [1.82, 2.24) is 15.1 Å². The van der Waals surface area contributed by atoms with Gasteiger partial charge in [0.2, 0.25) is 0 Å². The van der Waals surface area contributed by atoms with Crippen molar-refractivity contribution in [3.8, 4) is 17.0 Å². The Kier molecular flexibility index (Phi) is 5.15. The number of methoxy groups -OCH3 is 1. The normalized spacial score (nSPS) is 21.1. The lowest BCUT2D eigenvalue weighted by atomic mass is 9.88. The molecule has 1 aliphatic heterocycles. The molecule has 0 radical (unpaired) electrons. The second-order valence-electron chi connectivity index (χ2n) is 8.06. The van der Waals surface area contributed by atoms with Gasteiger partial charge in [-0.3, -0.25) is 0 Å². The third-order valence-electron chi connectivity index (χ3n) is 6.07. The molecule has 5 nitrogen and oxygen atoms in total. The summed E-state index contributed by atoms with van der Waals surface area (Å²) in [4.78, 5) is 2.30. The second kappa shape index (κ2) is 7.56. The van der Waals surface area contributed by atoms with Crippen LogP contribution in [0.3, 0.4) is 0 Å². The van der Waals surface area contributed by atoms with Crippen LogP contribution >= 0.6 is 0 Å². The van der Waals surface area contributed by atoms with Crippen LogP contribution in [0.5, 0.6) is 5.75 Å². The molecule has 5 heteroatoms. The van der Waals surface area contributed by atoms with Crippen LogP contribution in [0.1, 0.15) is 47.8 Å². The first-order chi connectivity index (χ1) is 13.1. The van der Waals surface area contributed by atoms with E-state index in [0.29, 0.717) is 0 Å². The number of likely N-dealkylation sites (tertiary alicyclic amines) is 1. The number of piperidine rings is 1. The Hall–Kier alpha value is -1.98. The van der Waals surface area contributed by atoms with Crippen molar-refractivity contribution in [3.63, 3.8) is 0 Å². The molecule has 27 heavy (non-hydrogen) atoms. The summed E-state index contributed by atoms with van der Waals surface area (Å²) in [5.74, 6) is 1.07. The van der Waals surface area contributed by atoms with Crippen LogP contribution in [0.2, 0.25) is 0 Å². The number of hydrogen-bond acceptors (Lipinski definition) is 5. The maximum Gasteiger partial charge on any atom is 0.128 e. The van der Waals surface area contributed by atoms with Crippen molar-refractivity contribution in [1.29, 1.82) is 0 Å². The quantitative estimate of drug-likeness (QED) is 0.898. The number of aryl methyl sites for hydroxylation is 1. The predicted molar refractivity (Wildman–Crippen MR) is 106 cm³/mol. The SMILES string of the molecule is COc1cc(C)ccc1-c1nnc([C@H](O)[C@@H]2CCCN(C)C2)c2c1CCC2. The summed E-state index contributed by atoms with van der Waals surface area (Å²) in [5.41, 5.74) is 6.32. The van der Waals surface area contributed by atoms with E-state index in [-0.39, 0.29) is 5.92 Å². The molecule has 2 aliphatic rings. The zero-order valence-electron chi connectivity index (χ0n) is 16.5. The Balaban J connectivity index is 1.73. The third kappa shape index (κ3) is 3.46. The summed E-state index contributed by atoms with van der Waals surface area (Å²) in [7, 11) is 3.82. The highest BCUT2D eigenvalue weighted by molar-refractivity contribution is 5.72. The first-order valence-corrected chi connectivity index (χ1v) is 9.98. The van der Waals surface area contributed by atoms with Crippen molar-refractivity contribution in [2.45, 2.75) is 45.1 Å². The molecular formula is C22H29N3O2. The minimum Gasteiger partial charge on any atom is -0.496 e. The molecule has 2 aromatic rings. The van der Waals surface area contributed by atoms with Gasteiger partial charge >= 0.3 is 0 Å². The molecule has 1 aromatic heterocycles. The monoisotopic (exact) mass is 367 g/mol. The van der Waals surface area contributed by atoms with Crippen LogP contribution in [0.4, 0.5) is 0 Å². The number of ether oxygens (including phenoxy) is 1. The van der Waals surface area contributed by atoms with Crippen molar-refractivity contribution in [2.24, 2.45) is 5.92 Å². The zero-order valence-corrected chi connectivity index (χ0v) is 16.5. The van der Waals surface area contributed by atoms with E-state index in [1.807, 2.05) is 6.07 Å². The summed E-state index contributed by atoms with van der Waals surface area (Å²) >= 11 is 0. The highest BCUT2D eigenvalue weighted by Gasteiger charge is 2.32. The fourth-order valence-corrected chi connectivity index (χ4v) is 4.65. The minimum atomic E-state index is -0.527. The molecule has 2 atom stereocenters. The van der Waals surface area contributed by atoms with Crippen LogP contribution < -0.4 is 4.74 Å². The maximum absolute atomic E-state index is 11.1. The number of nitrogens with zero attached hydrogens (tertiary/aromatic N) is 3. The molecule has 0 unspecified atom stereocenters. The highest BCUT2D eigenvalue weighted by Crippen LogP contribution is 2.39. The Morgan fingerprint density at radius 3 is 2.78 bits per heavy atom. The van der Waals surface area contributed by atoms with E-state index >= 15 is 0 Å². The van der Waals surface area contributed by atoms with Gasteiger partial charge in [-0.15, -0.1) is 5.10 Å². The summed E-state index contributed by atoms with van der Waals surface area (Å²) in [6.45, 7) is 4.09. The van der Waals surface area contributed by atoms with Gasteiger partial charge in [0.25, 0.3) is 0 Å². The van der Waals surface area contributed by atoms with E-state index in [1.165, 1.54) is 11.1 Å². The second-order valence-corrected chi connectivity index (χ2v) is 8.06. The molecule has 4 rings (SSSR count). The average Bonchev–Trinajstić information content (AvgIpc) is 3.16. The van der Waals surface area contributed by atoms with E-state index in [0.717, 1.165) is 73.5 Å². The molecule has 1 aliphatic carbocycles. The highest BCUT2D eigenvalue weighted by atomic mass is 16.5. The van der Waals surface area contributed by atoms with Crippen LogP contribution in [-0.4, -0.2) is 47.5 Å². The number of aliphatic hydroxyl groups excluding tert-OH is 1. The Bertz CT molecular complexity index is 837. The van der Waals surface area contributed by atoms with E-state index in [9.17, 15) is 5.11 Å². The fourth-order valence-electron chi connectivity index (χ4n) is 4.65. The van der Waals surface area contributed by atoms with Gasteiger partial charge in [-0.05, 0) is 81.4 Å². The van der Waals surface area contributed by atoms with Gasteiger partial charge in [-0.2, -0.15) is 5.10 Å². The zero-order chi connectivity index (χ0) is 19.0. The lowest BCUT2D eigenvalue weighted by molar-refractivity contribution is 0.0550. The molecule has 144 valence electrons. The molecule has 1 saturated heterocycles. The molecule has 0 amide bonds. The first kappa shape index (κ1) is 18.4. The summed E-state index contributed by atoms with van der Waals surface area (Å²) < 4.78 is 5.60. The van der Waals surface area contributed by atoms with Crippen LogP contribution in [0.25, 0.3) is 11.3 Å². The third-order valence-corrected chi connectivity index (χ3v) is 6.07. The standard InChI is InChI=1S/C22H29N3O2/c1-14-9-10-18(19(12-14)27-3)20-16-7-4-8-17(16)21(24-23-20)22(26)15-6-5-11-25(2)13-15/h9-10,12,15,22,26H,4-8,11,13H2,1-3H3/t15-,22-/m1/s1. The Labute approximate surface area is 161 Å². The van der Waals surface area contributed by atoms with Gasteiger partial charge in [0.05, 0.1) is 12.8 Å². The number of hydrogen-bond donors (Lipinski definition) is 1. The molecule has 1 N–H and O–H groups in total. The van der Waals surface area contributed by atoms with Gasteiger partial charge in [-0.1, -0.05) is 6.07 Å². The van der Waals surface area contributed by atoms with Crippen LogP contribution in [-0.2, 0) is 12.8 Å². The van der Waals surface area contributed by atoms with Gasteiger partial charge in [0.1, 0.15) is 17.5 Å². The minimum absolute atomic E-state index is 0.238. The molecule has 0 bridgehead atoms. The summed E-state index contributed by atoms with van der Waals surface area (Å²) in [6.07, 6.45) is 4.71. The van der Waals surface area contributed by atoms with E-state index in [4.69, 9.17) is 4.74 Å². The van der Waals surface area contributed by atoms with Crippen molar-refractivity contribution in [2.75, 3.05) is 27.2 Å². The fraction of sp³-hybridized carbons (Fsp3) is 0.545. The smallest absolute Gasteiger partial charge is 0.128 e. The van der Waals surface area contributed by atoms with Crippen LogP contribution in [0, 0.1) is 12.8 Å². The molecule has 0 saturated carbocycles. The lowest BCUT2D eigenvalue weighted by Crippen LogP contribution is -2.35. The van der Waals surface area contributed by atoms with Gasteiger partial charge in [-0.25, -0.2) is 0 Å². The van der Waals surface area contributed by atoms with E-state index < -0.39 is 6.10 Å². The number of aliphatic hydroxyl groups is 1. The van der Waals surface area contributed by atoms with Crippen molar-refractivity contribution < 1.29 is 9.84 Å². The number of aromatic nitrogens is 2. The van der Waals surface area contributed by atoms with Gasteiger partial charge in [0.15, 0.2) is 0 Å². The number of rotatable bonds is 4. The van der Waals surface area contributed by atoms with Gasteiger partial charge in [0, 0.05) is 18.0 Å². The average molecular weight is 367 g/mol. The van der Waals surface area contributed by atoms with Crippen molar-refractivity contribution >= 4 is 0 Å². The maximum atomic E-state index is 11.1. The summed E-state index contributed by atoms with van der Waals surface area (Å²) in [5, 5.41) is 20.2. The van der Waals surface area contributed by atoms with E-state index in [2.05, 4.69) is 41.2 Å². The molecule has 1 fully saturated rings. The number of fused-ring (bicyclic) bond motifs is 1. The molecule has 2 heterocycles. The topological polar surface area (TPSA) is 58.5 Å². The molecule has 1 aromatic carbocycles. The lowest BCUT2D eigenvalue weighted by Gasteiger charge is -2.33.